The van der Waals surface area contributed by atoms with Gasteiger partial charge in [-0.1, -0.05) is 48.9 Å². The normalized spacial score (nSPS) is 18.3. The summed E-state index contributed by atoms with van der Waals surface area (Å²) in [7, 11) is 0. The standard InChI is InChI=1S/C20H23N/c1-2-11-19(12-3-1)21(15-16-7-6-8-16)20-13-17-9-4-5-10-18(17)14-20/h1-5,9-12,16,20H,6-8,13-15H2. The first-order valence-corrected chi connectivity index (χ1v) is 8.28. The van der Waals surface area contributed by atoms with Gasteiger partial charge in [0.1, 0.15) is 0 Å². The molecule has 0 heterocycles. The van der Waals surface area contributed by atoms with Crippen molar-refractivity contribution >= 4 is 5.69 Å². The van der Waals surface area contributed by atoms with Crippen LogP contribution in [-0.4, -0.2) is 12.6 Å². The molecule has 21 heavy (non-hydrogen) atoms. The molecular weight excluding hydrogens is 254 g/mol. The maximum absolute atomic E-state index is 2.68. The Bertz CT molecular complexity index is 575. The molecule has 0 spiro atoms. The first-order valence-electron chi connectivity index (χ1n) is 8.28. The zero-order valence-electron chi connectivity index (χ0n) is 12.5. The molecule has 0 atom stereocenters. The SMILES string of the molecule is c1ccc(N(CC2CCC2)C2Cc3ccccc3C2)cc1. The van der Waals surface area contributed by atoms with Crippen molar-refractivity contribution in [1.82, 2.24) is 0 Å². The molecule has 0 unspecified atom stereocenters. The second-order valence-corrected chi connectivity index (χ2v) is 6.62. The van der Waals surface area contributed by atoms with Crippen molar-refractivity contribution in [2.45, 2.75) is 38.1 Å². The highest BCUT2D eigenvalue weighted by Gasteiger charge is 2.30. The summed E-state index contributed by atoms with van der Waals surface area (Å²) in [5, 5.41) is 0. The lowest BCUT2D eigenvalue weighted by Crippen LogP contribution is -2.41. The van der Waals surface area contributed by atoms with Crippen LogP contribution in [0.2, 0.25) is 0 Å². The van der Waals surface area contributed by atoms with E-state index in [0.29, 0.717) is 6.04 Å². The maximum Gasteiger partial charge on any atom is 0.0370 e. The summed E-state index contributed by atoms with van der Waals surface area (Å²) in [4.78, 5) is 2.68. The van der Waals surface area contributed by atoms with Gasteiger partial charge >= 0.3 is 0 Å². The van der Waals surface area contributed by atoms with Crippen LogP contribution < -0.4 is 4.90 Å². The monoisotopic (exact) mass is 277 g/mol. The fourth-order valence-electron chi connectivity index (χ4n) is 3.79. The third kappa shape index (κ3) is 2.57. The van der Waals surface area contributed by atoms with E-state index in [1.807, 2.05) is 0 Å². The predicted molar refractivity (Wildman–Crippen MR) is 88.8 cm³/mol. The van der Waals surface area contributed by atoms with E-state index in [2.05, 4.69) is 59.5 Å². The highest BCUT2D eigenvalue weighted by molar-refractivity contribution is 5.50. The summed E-state index contributed by atoms with van der Waals surface area (Å²) < 4.78 is 0. The molecular formula is C20H23N. The lowest BCUT2D eigenvalue weighted by molar-refractivity contribution is 0.310. The average Bonchev–Trinajstić information content (AvgIpc) is 2.90. The van der Waals surface area contributed by atoms with Gasteiger partial charge < -0.3 is 4.90 Å². The smallest absolute Gasteiger partial charge is 0.0370 e. The molecule has 1 heteroatoms. The Balaban J connectivity index is 1.58. The van der Waals surface area contributed by atoms with Gasteiger partial charge in [-0.3, -0.25) is 0 Å². The Hall–Kier alpha value is -1.76. The molecule has 2 aliphatic carbocycles. The molecule has 0 amide bonds. The molecule has 1 saturated carbocycles. The van der Waals surface area contributed by atoms with Gasteiger partial charge in [0.2, 0.25) is 0 Å². The molecule has 2 aromatic carbocycles. The van der Waals surface area contributed by atoms with Gasteiger partial charge in [-0.05, 0) is 54.9 Å². The molecule has 108 valence electrons. The first kappa shape index (κ1) is 12.9. The Labute approximate surface area is 127 Å². The van der Waals surface area contributed by atoms with Gasteiger partial charge in [0, 0.05) is 18.3 Å². The Morgan fingerprint density at radius 3 is 2.00 bits per heavy atom. The Morgan fingerprint density at radius 2 is 1.43 bits per heavy atom. The fourth-order valence-corrected chi connectivity index (χ4v) is 3.79. The minimum absolute atomic E-state index is 0.644. The van der Waals surface area contributed by atoms with Crippen molar-refractivity contribution in [3.05, 3.63) is 65.7 Å². The average molecular weight is 277 g/mol. The van der Waals surface area contributed by atoms with E-state index in [-0.39, 0.29) is 0 Å². The number of fused-ring (bicyclic) bond motifs is 1. The summed E-state index contributed by atoms with van der Waals surface area (Å²) >= 11 is 0. The van der Waals surface area contributed by atoms with Crippen LogP contribution in [0.25, 0.3) is 0 Å². The van der Waals surface area contributed by atoms with Gasteiger partial charge in [-0.2, -0.15) is 0 Å². The van der Waals surface area contributed by atoms with Gasteiger partial charge in [0.15, 0.2) is 0 Å². The number of anilines is 1. The van der Waals surface area contributed by atoms with E-state index < -0.39 is 0 Å². The second-order valence-electron chi connectivity index (χ2n) is 6.62. The lowest BCUT2D eigenvalue weighted by atomic mass is 9.84. The highest BCUT2D eigenvalue weighted by atomic mass is 15.2. The van der Waals surface area contributed by atoms with Crippen LogP contribution in [0.15, 0.2) is 54.6 Å². The fraction of sp³-hybridized carbons (Fsp3) is 0.400. The van der Waals surface area contributed by atoms with Crippen LogP contribution in [-0.2, 0) is 12.8 Å². The summed E-state index contributed by atoms with van der Waals surface area (Å²) in [5.74, 6) is 0.911. The van der Waals surface area contributed by atoms with Crippen molar-refractivity contribution in [2.75, 3.05) is 11.4 Å². The van der Waals surface area contributed by atoms with Gasteiger partial charge in [-0.15, -0.1) is 0 Å². The van der Waals surface area contributed by atoms with E-state index in [0.717, 1.165) is 5.92 Å². The summed E-state index contributed by atoms with van der Waals surface area (Å²) in [6.45, 7) is 1.24. The number of hydrogen-bond acceptors (Lipinski definition) is 1. The quantitative estimate of drug-likeness (QED) is 0.797. The van der Waals surface area contributed by atoms with E-state index in [1.165, 1.54) is 44.3 Å². The van der Waals surface area contributed by atoms with Crippen LogP contribution in [0.3, 0.4) is 0 Å². The minimum Gasteiger partial charge on any atom is -0.368 e. The van der Waals surface area contributed by atoms with Gasteiger partial charge in [0.05, 0.1) is 0 Å². The minimum atomic E-state index is 0.644. The van der Waals surface area contributed by atoms with E-state index in [9.17, 15) is 0 Å². The second kappa shape index (κ2) is 5.55. The summed E-state index contributed by atoms with van der Waals surface area (Å²) in [5.41, 5.74) is 4.51. The summed E-state index contributed by atoms with van der Waals surface area (Å²) in [6.07, 6.45) is 6.68. The third-order valence-electron chi connectivity index (χ3n) is 5.24. The highest BCUT2D eigenvalue weighted by Crippen LogP contribution is 2.33. The van der Waals surface area contributed by atoms with Crippen LogP contribution in [0.4, 0.5) is 5.69 Å². The molecule has 0 radical (unpaired) electrons. The molecule has 1 fully saturated rings. The first-order chi connectivity index (χ1) is 10.4. The molecule has 0 aliphatic heterocycles. The summed E-state index contributed by atoms with van der Waals surface area (Å²) in [6, 6.07) is 20.6. The molecule has 0 aromatic heterocycles. The molecule has 1 nitrogen and oxygen atoms in total. The van der Waals surface area contributed by atoms with Crippen molar-refractivity contribution in [2.24, 2.45) is 5.92 Å². The van der Waals surface area contributed by atoms with Crippen LogP contribution in [0.5, 0.6) is 0 Å². The molecule has 0 bridgehead atoms. The van der Waals surface area contributed by atoms with Gasteiger partial charge in [-0.25, -0.2) is 0 Å². The molecule has 2 aliphatic rings. The zero-order chi connectivity index (χ0) is 14.1. The van der Waals surface area contributed by atoms with Crippen molar-refractivity contribution in [3.63, 3.8) is 0 Å². The van der Waals surface area contributed by atoms with Crippen LogP contribution >= 0.6 is 0 Å². The van der Waals surface area contributed by atoms with E-state index in [1.54, 1.807) is 11.1 Å². The molecule has 2 aromatic rings. The lowest BCUT2D eigenvalue weighted by Gasteiger charge is -2.37. The number of para-hydroxylation sites is 1. The van der Waals surface area contributed by atoms with Crippen LogP contribution in [0.1, 0.15) is 30.4 Å². The van der Waals surface area contributed by atoms with E-state index >= 15 is 0 Å². The number of benzene rings is 2. The van der Waals surface area contributed by atoms with Crippen molar-refractivity contribution in [1.29, 1.82) is 0 Å². The largest absolute Gasteiger partial charge is 0.368 e. The van der Waals surface area contributed by atoms with Crippen molar-refractivity contribution in [3.8, 4) is 0 Å². The van der Waals surface area contributed by atoms with Crippen molar-refractivity contribution < 1.29 is 0 Å². The van der Waals surface area contributed by atoms with E-state index in [4.69, 9.17) is 0 Å². The zero-order valence-corrected chi connectivity index (χ0v) is 12.5. The number of nitrogens with zero attached hydrogens (tertiary/aromatic N) is 1. The molecule has 0 saturated heterocycles. The Morgan fingerprint density at radius 1 is 0.810 bits per heavy atom. The molecule has 0 N–H and O–H groups in total. The van der Waals surface area contributed by atoms with Crippen LogP contribution in [0, 0.1) is 5.92 Å². The number of rotatable bonds is 4. The maximum atomic E-state index is 2.68. The third-order valence-corrected chi connectivity index (χ3v) is 5.24. The topological polar surface area (TPSA) is 3.24 Å². The molecule has 4 rings (SSSR count). The number of hydrogen-bond donors (Lipinski definition) is 0. The van der Waals surface area contributed by atoms with Gasteiger partial charge in [0.25, 0.3) is 0 Å². The Kier molecular flexibility index (Phi) is 3.42. The predicted octanol–water partition coefficient (Wildman–Crippen LogP) is 4.46.